The number of ether oxygens (including phenoxy) is 6. The van der Waals surface area contributed by atoms with Gasteiger partial charge in [0.1, 0.15) is 89.5 Å². The van der Waals surface area contributed by atoms with Crippen molar-refractivity contribution in [1.29, 1.82) is 0 Å². The minimum atomic E-state index is -2.35. The monoisotopic (exact) mass is 1480 g/mol. The quantitative estimate of drug-likeness (QED) is 0.0687. The van der Waals surface area contributed by atoms with Gasteiger partial charge in [0, 0.05) is 29.2 Å². The molecular formula is C66H74Cl3N9O24. The number of carboxylic acids is 1. The first-order chi connectivity index (χ1) is 48.2. The number of phenolic OH excluding ortho intramolecular Hbond substituents is 3. The topological polar surface area (TPSA) is 517 Å². The summed E-state index contributed by atoms with van der Waals surface area (Å²) in [6, 6.07) is -0.724. The van der Waals surface area contributed by atoms with Crippen molar-refractivity contribution >= 4 is 82.3 Å². The molecule has 0 spiro atoms. The van der Waals surface area contributed by atoms with Crippen LogP contribution in [0.5, 0.6) is 46.0 Å². The lowest BCUT2D eigenvalue weighted by Gasteiger charge is -2.47. The standard InChI is InChI=1S/C66H74Cl3N9O24/c1-23(2)12-34(71-5)58(89)76-49-51(84)26-7-10-38(32(67)14-26)98-40-16-28-17-41(55(40)102-65-56(54(87)53(86)42(22-79)100-65)101-44-21-66(4,78-69)57(88)24(3)97-44)99-39-11-8-27(15-33(39)68)52(85)50-63(94)75-48(64(95)96)31-18-29(80)19-37(82)45(31)30-13-25(6-9-36(30)81)46(60(91)77-50)74-61(92)47(28)73-59(90)35(20-43(70)83)72-62(49)93/h6-11,13-19,23-24,34-35,42,44,46-54,56-57,65,71,78-82,84-88H,12,20-22H2,1-5H3,(H2,70,83)(H,72,93)(H,73,90)(H,74,92)(H,75,94)(H,76,89)(H,77,91)(H,95,96)/t24-,34+,35-,42+,44-,46+,47+,48+,49+,50-,51+,52+,53+,54-,56+,57+,65-,66-/m0/s1. The van der Waals surface area contributed by atoms with E-state index in [-0.39, 0.29) is 46.2 Å². The number of benzene rings is 5. The van der Waals surface area contributed by atoms with Gasteiger partial charge in [-0.05, 0) is 122 Å². The normalized spacial score (nSPS) is 29.3. The number of hydrogen-bond donors (Lipinski definition) is 19. The van der Waals surface area contributed by atoms with Crippen LogP contribution in [0.4, 0.5) is 0 Å². The fourth-order valence-corrected chi connectivity index (χ4v) is 13.2. The summed E-state index contributed by atoms with van der Waals surface area (Å²) < 4.78 is 38.4. The number of aromatic hydroxyl groups is 3. The summed E-state index contributed by atoms with van der Waals surface area (Å²) in [7, 11) is 1.47. The first-order valence-corrected chi connectivity index (χ1v) is 32.9. The number of carbonyl (C=O) groups is 8. The van der Waals surface area contributed by atoms with Crippen LogP contribution in [0.3, 0.4) is 0 Å². The summed E-state index contributed by atoms with van der Waals surface area (Å²) in [5.74, 6) is -16.0. The third-order valence-corrected chi connectivity index (χ3v) is 19.0. The van der Waals surface area contributed by atoms with Gasteiger partial charge in [0.15, 0.2) is 29.9 Å². The summed E-state index contributed by atoms with van der Waals surface area (Å²) in [6.45, 7) is 5.69. The van der Waals surface area contributed by atoms with E-state index in [0.717, 1.165) is 66.7 Å². The highest BCUT2D eigenvalue weighted by molar-refractivity contribution is 6.32. The molecule has 7 amide bonds. The molecule has 2 saturated heterocycles. The lowest BCUT2D eigenvalue weighted by Crippen LogP contribution is -2.64. The van der Waals surface area contributed by atoms with Crippen molar-refractivity contribution in [2.75, 3.05) is 13.7 Å². The van der Waals surface area contributed by atoms with Gasteiger partial charge in [-0.15, -0.1) is 0 Å². The minimum Gasteiger partial charge on any atom is -0.508 e. The predicted molar refractivity (Wildman–Crippen MR) is 354 cm³/mol. The minimum absolute atomic E-state index is 0.0997. The second kappa shape index (κ2) is 31.0. The van der Waals surface area contributed by atoms with Gasteiger partial charge in [-0.3, -0.25) is 33.6 Å². The molecule has 2 fully saturated rings. The van der Waals surface area contributed by atoms with Crippen LogP contribution in [-0.2, 0) is 52.6 Å². The Morgan fingerprint density at radius 1 is 0.716 bits per heavy atom. The molecular weight excluding hydrogens is 1410 g/mol. The number of rotatable bonds is 14. The van der Waals surface area contributed by atoms with Gasteiger partial charge in [0.25, 0.3) is 0 Å². The summed E-state index contributed by atoms with van der Waals surface area (Å²) >= 11 is 20.3. The molecule has 36 heteroatoms. The average molecular weight is 1480 g/mol. The maximum atomic E-state index is 16.0. The highest BCUT2D eigenvalue weighted by atomic mass is 35.5. The molecule has 7 aliphatic heterocycles. The van der Waals surface area contributed by atoms with Crippen molar-refractivity contribution in [2.45, 2.75) is 156 Å². The van der Waals surface area contributed by atoms with Crippen LogP contribution in [0.1, 0.15) is 105 Å². The van der Waals surface area contributed by atoms with Gasteiger partial charge in [-0.2, -0.15) is 0 Å². The van der Waals surface area contributed by atoms with E-state index in [0.29, 0.717) is 0 Å². The van der Waals surface area contributed by atoms with Gasteiger partial charge >= 0.3 is 5.97 Å². The molecule has 0 radical (unpaired) electrons. The molecule has 7 heterocycles. The van der Waals surface area contributed by atoms with Crippen molar-refractivity contribution in [3.05, 3.63) is 117 Å². The second-order valence-corrected chi connectivity index (χ2v) is 26.7. The number of likely N-dealkylation sites (N-methyl/N-ethyl adjacent to an activating group) is 1. The molecule has 5 aromatic rings. The number of carboxylic acid groups (broad SMARTS) is 1. The summed E-state index contributed by atoms with van der Waals surface area (Å²) in [4.78, 5) is 119. The number of aliphatic hydroxyl groups is 6. The molecule has 0 aromatic heterocycles. The second-order valence-electron chi connectivity index (χ2n) is 25.7. The molecule has 0 saturated carbocycles. The van der Waals surface area contributed by atoms with Crippen molar-refractivity contribution in [1.82, 2.24) is 42.1 Å². The maximum Gasteiger partial charge on any atom is 0.330 e. The molecule has 11 bridgehead atoms. The van der Waals surface area contributed by atoms with Crippen LogP contribution in [-0.4, -0.2) is 191 Å². The number of aliphatic carboxylic acids is 1. The van der Waals surface area contributed by atoms with E-state index in [9.17, 15) is 75.0 Å². The van der Waals surface area contributed by atoms with Crippen LogP contribution in [0.25, 0.3) is 11.1 Å². The summed E-state index contributed by atoms with van der Waals surface area (Å²) in [5.41, 5.74) is 1.55. The highest BCUT2D eigenvalue weighted by Crippen LogP contribution is 2.50. The molecule has 33 nitrogen and oxygen atoms in total. The zero-order valence-electron chi connectivity index (χ0n) is 54.6. The van der Waals surface area contributed by atoms with Gasteiger partial charge < -0.3 is 122 Å². The SMILES string of the molecule is CN[C@H](CC(C)C)C(=O)N[C@H]1C(=O)N[C@@H](CC(N)=O)C(=O)N[C@H]2C(=O)N[C@H]3C(=O)N[C@H](C(=O)N[C@@H](C(=O)O)c4cc(O)cc(O)c4-c4cc3ccc4O)[C@H](O)c3ccc(c(Cl)c3)Oc3cc2cc(c3O[C@@H]2O[C@H](CO)[C@@H](O)[C@H](O)[C@H]2O[C@H]2C[C@](C)(NCl)[C@H](O)[C@H](C)O2)Oc2ccc(cc2Cl)[C@H]1O. The van der Waals surface area contributed by atoms with E-state index >= 15 is 14.4 Å². The Balaban J connectivity index is 1.24. The van der Waals surface area contributed by atoms with Gasteiger partial charge in [0.2, 0.25) is 53.4 Å². The number of amides is 7. The zero-order chi connectivity index (χ0) is 74.2. The lowest BCUT2D eigenvalue weighted by atomic mass is 9.86. The third kappa shape index (κ3) is 15.8. The molecule has 0 aliphatic carbocycles. The molecule has 20 N–H and O–H groups in total. The fraction of sp³-hybridized carbons (Fsp3) is 0.424. The first kappa shape index (κ1) is 75.7. The smallest absolute Gasteiger partial charge is 0.330 e. The van der Waals surface area contributed by atoms with Crippen molar-refractivity contribution in [3.8, 4) is 57.1 Å². The Hall–Kier alpha value is -8.91. The van der Waals surface area contributed by atoms with Crippen LogP contribution in [0.15, 0.2) is 78.9 Å². The molecule has 12 rings (SSSR count). The van der Waals surface area contributed by atoms with Crippen molar-refractivity contribution in [3.63, 3.8) is 0 Å². The molecule has 18 atom stereocenters. The molecule has 5 aromatic carbocycles. The van der Waals surface area contributed by atoms with E-state index in [2.05, 4.69) is 42.1 Å². The number of phenols is 3. The van der Waals surface area contributed by atoms with Crippen LogP contribution >= 0.6 is 35.0 Å². The Kier molecular flexibility index (Phi) is 23.0. The van der Waals surface area contributed by atoms with E-state index < -0.39 is 237 Å². The van der Waals surface area contributed by atoms with E-state index in [1.165, 1.54) is 26.1 Å². The largest absolute Gasteiger partial charge is 0.508 e. The first-order valence-electron chi connectivity index (χ1n) is 31.8. The van der Waals surface area contributed by atoms with Gasteiger partial charge in [0.05, 0.1) is 46.9 Å². The Morgan fingerprint density at radius 3 is 1.91 bits per heavy atom. The maximum absolute atomic E-state index is 16.0. The number of primary amides is 1. The lowest BCUT2D eigenvalue weighted by molar-refractivity contribution is -0.334. The van der Waals surface area contributed by atoms with E-state index in [1.54, 1.807) is 6.92 Å². The zero-order valence-corrected chi connectivity index (χ0v) is 56.9. The van der Waals surface area contributed by atoms with E-state index in [1.807, 2.05) is 13.8 Å². The number of carbonyl (C=O) groups excluding carboxylic acids is 7. The average Bonchev–Trinajstić information content (AvgIpc) is 0.768. The molecule has 7 aliphatic rings. The fourth-order valence-electron chi connectivity index (χ4n) is 12.6. The third-order valence-electron chi connectivity index (χ3n) is 17.9. The number of halogens is 3. The van der Waals surface area contributed by atoms with Crippen LogP contribution < -0.4 is 62.0 Å². The van der Waals surface area contributed by atoms with Crippen LogP contribution in [0.2, 0.25) is 10.0 Å². The van der Waals surface area contributed by atoms with Crippen LogP contribution in [0, 0.1) is 5.92 Å². The number of fused-ring (bicyclic) bond motifs is 15. The molecule has 548 valence electrons. The molecule has 102 heavy (non-hydrogen) atoms. The Bertz CT molecular complexity index is 4100. The van der Waals surface area contributed by atoms with Gasteiger partial charge in [-0.25, -0.2) is 9.63 Å². The predicted octanol–water partition coefficient (Wildman–Crippen LogP) is 0.891. The van der Waals surface area contributed by atoms with Gasteiger partial charge in [-0.1, -0.05) is 55.2 Å². The number of nitrogens with one attached hydrogen (secondary N) is 8. The Morgan fingerprint density at radius 2 is 1.32 bits per heavy atom. The Labute approximate surface area is 594 Å². The van der Waals surface area contributed by atoms with E-state index in [4.69, 9.17) is 69.1 Å². The van der Waals surface area contributed by atoms with Crippen molar-refractivity contribution in [2.24, 2.45) is 11.7 Å². The van der Waals surface area contributed by atoms with Crippen molar-refractivity contribution < 1.29 is 118 Å². The summed E-state index contributed by atoms with van der Waals surface area (Å²) in [6.07, 6.45) is -18.7. The number of nitrogens with two attached hydrogens (primary N) is 1. The summed E-state index contributed by atoms with van der Waals surface area (Å²) in [5, 5.41) is 131. The number of aliphatic hydroxyl groups excluding tert-OH is 6. The number of hydrogen-bond acceptors (Lipinski definition) is 25. The molecule has 0 unspecified atom stereocenters. The highest BCUT2D eigenvalue weighted by Gasteiger charge is 2.52.